The lowest BCUT2D eigenvalue weighted by Crippen LogP contribution is -2.02. The van der Waals surface area contributed by atoms with Gasteiger partial charge in [0.25, 0.3) is 0 Å². The van der Waals surface area contributed by atoms with Gasteiger partial charge < -0.3 is 4.74 Å². The van der Waals surface area contributed by atoms with Gasteiger partial charge in [0, 0.05) is 6.42 Å². The average molecular weight is 160 g/mol. The Morgan fingerprint density at radius 3 is 2.67 bits per heavy atom. The molecule has 0 spiro atoms. The van der Waals surface area contributed by atoms with E-state index in [1.807, 2.05) is 19.1 Å². The van der Waals surface area contributed by atoms with Gasteiger partial charge in [0.15, 0.2) is 0 Å². The highest BCUT2D eigenvalue weighted by atomic mass is 16.5. The van der Waals surface area contributed by atoms with Gasteiger partial charge in [-0.25, -0.2) is 0 Å². The lowest BCUT2D eigenvalue weighted by atomic mass is 10.1. The summed E-state index contributed by atoms with van der Waals surface area (Å²) in [4.78, 5) is 0. The van der Waals surface area contributed by atoms with E-state index < -0.39 is 0 Å². The Hall–Kier alpha value is -1.74. The maximum absolute atomic E-state index is 8.56. The lowest BCUT2D eigenvalue weighted by Gasteiger charge is -2.13. The molecule has 0 aromatic heterocycles. The monoisotopic (exact) mass is 160 g/mol. The second-order valence-electron chi connectivity index (χ2n) is 2.48. The summed E-state index contributed by atoms with van der Waals surface area (Å²) in [5.74, 6) is 0.763. The van der Waals surface area contributed by atoms with E-state index in [0.717, 1.165) is 11.3 Å². The van der Waals surface area contributed by atoms with E-state index in [4.69, 9.17) is 15.3 Å². The smallest absolute Gasteiger partial charge is 0.133 e. The van der Waals surface area contributed by atoms with Crippen molar-refractivity contribution in [2.24, 2.45) is 0 Å². The molecule has 0 N–H and O–H groups in total. The van der Waals surface area contributed by atoms with Gasteiger partial charge in [0.2, 0.25) is 0 Å². The first kappa shape index (κ1) is 8.36. The molecule has 60 valence electrons. The van der Waals surface area contributed by atoms with Crippen LogP contribution in [0.2, 0.25) is 0 Å². The number of nitrogens with zero attached hydrogens (tertiary/aromatic N) is 2. The van der Waals surface area contributed by atoms with E-state index in [-0.39, 0.29) is 5.57 Å². The number of rotatable bonds is 0. The van der Waals surface area contributed by atoms with Crippen LogP contribution >= 0.6 is 0 Å². The maximum atomic E-state index is 8.56. The van der Waals surface area contributed by atoms with Gasteiger partial charge >= 0.3 is 0 Å². The summed E-state index contributed by atoms with van der Waals surface area (Å²) >= 11 is 0. The number of ether oxygens (including phenoxy) is 1. The van der Waals surface area contributed by atoms with Crippen molar-refractivity contribution in [2.45, 2.75) is 13.3 Å². The fourth-order valence-corrected chi connectivity index (χ4v) is 1.05. The molecule has 3 heteroatoms. The average Bonchev–Trinajstić information content (AvgIpc) is 2.07. The molecule has 1 aliphatic rings. The lowest BCUT2D eigenvalue weighted by molar-refractivity contribution is 0.208. The molecule has 0 aliphatic carbocycles. The molecular formula is C9H8N2O. The summed E-state index contributed by atoms with van der Waals surface area (Å²) < 4.78 is 5.16. The van der Waals surface area contributed by atoms with Crippen LogP contribution in [0.1, 0.15) is 13.3 Å². The quantitative estimate of drug-likeness (QED) is 0.506. The van der Waals surface area contributed by atoms with Crippen LogP contribution in [0.4, 0.5) is 0 Å². The molecule has 0 saturated carbocycles. The minimum absolute atomic E-state index is 0.192. The van der Waals surface area contributed by atoms with Crippen LogP contribution in [0.3, 0.4) is 0 Å². The molecule has 12 heavy (non-hydrogen) atoms. The standard InChI is InChI=1S/C9H8N2O/c1-7-4-8(2-3-12-7)9(5-10)6-11/h4H,2-3H2,1H3. The normalized spacial score (nSPS) is 15.2. The fraction of sp³-hybridized carbons (Fsp3) is 0.333. The Morgan fingerprint density at radius 2 is 2.17 bits per heavy atom. The van der Waals surface area contributed by atoms with Crippen LogP contribution < -0.4 is 0 Å². The van der Waals surface area contributed by atoms with Crippen LogP contribution in [0.15, 0.2) is 23.0 Å². The summed E-state index contributed by atoms with van der Waals surface area (Å²) in [5.41, 5.74) is 0.974. The van der Waals surface area contributed by atoms with E-state index in [1.54, 1.807) is 6.08 Å². The Morgan fingerprint density at radius 1 is 1.50 bits per heavy atom. The number of hydrogen-bond acceptors (Lipinski definition) is 3. The van der Waals surface area contributed by atoms with E-state index in [2.05, 4.69) is 0 Å². The Labute approximate surface area is 71.2 Å². The molecule has 0 radical (unpaired) electrons. The molecule has 3 nitrogen and oxygen atoms in total. The second-order valence-corrected chi connectivity index (χ2v) is 2.48. The van der Waals surface area contributed by atoms with Gasteiger partial charge in [-0.1, -0.05) is 0 Å². The largest absolute Gasteiger partial charge is 0.498 e. The van der Waals surface area contributed by atoms with Gasteiger partial charge in [-0.2, -0.15) is 10.5 Å². The predicted octanol–water partition coefficient (Wildman–Crippen LogP) is 1.65. The summed E-state index contributed by atoms with van der Waals surface area (Å²) in [7, 11) is 0. The van der Waals surface area contributed by atoms with Crippen LogP contribution in [-0.2, 0) is 4.74 Å². The van der Waals surface area contributed by atoms with Crippen molar-refractivity contribution in [3.8, 4) is 12.1 Å². The molecule has 0 unspecified atom stereocenters. The van der Waals surface area contributed by atoms with Crippen LogP contribution in [0, 0.1) is 22.7 Å². The highest BCUT2D eigenvalue weighted by molar-refractivity contribution is 5.45. The van der Waals surface area contributed by atoms with Gasteiger partial charge in [-0.15, -0.1) is 0 Å². The van der Waals surface area contributed by atoms with Crippen molar-refractivity contribution < 1.29 is 4.74 Å². The van der Waals surface area contributed by atoms with E-state index in [1.165, 1.54) is 0 Å². The first-order valence-electron chi connectivity index (χ1n) is 3.62. The molecule has 0 atom stereocenters. The van der Waals surface area contributed by atoms with Gasteiger partial charge in [-0.05, 0) is 18.6 Å². The highest BCUT2D eigenvalue weighted by Gasteiger charge is 2.09. The van der Waals surface area contributed by atoms with Crippen molar-refractivity contribution >= 4 is 0 Å². The zero-order valence-electron chi connectivity index (χ0n) is 6.79. The van der Waals surface area contributed by atoms with Crippen LogP contribution in [0.25, 0.3) is 0 Å². The van der Waals surface area contributed by atoms with Crippen molar-refractivity contribution in [1.82, 2.24) is 0 Å². The molecule has 0 fully saturated rings. The Kier molecular flexibility index (Phi) is 2.50. The molecule has 0 amide bonds. The predicted molar refractivity (Wildman–Crippen MR) is 42.6 cm³/mol. The number of allylic oxidation sites excluding steroid dienone is 3. The van der Waals surface area contributed by atoms with Crippen LogP contribution in [0.5, 0.6) is 0 Å². The molecule has 1 aliphatic heterocycles. The molecule has 1 heterocycles. The Balaban J connectivity index is 3.04. The van der Waals surface area contributed by atoms with E-state index >= 15 is 0 Å². The maximum Gasteiger partial charge on any atom is 0.133 e. The summed E-state index contributed by atoms with van der Waals surface area (Å²) in [6, 6.07) is 3.72. The molecule has 0 saturated heterocycles. The van der Waals surface area contributed by atoms with Crippen LogP contribution in [-0.4, -0.2) is 6.61 Å². The highest BCUT2D eigenvalue weighted by Crippen LogP contribution is 2.18. The zero-order valence-corrected chi connectivity index (χ0v) is 6.79. The first-order valence-corrected chi connectivity index (χ1v) is 3.62. The minimum Gasteiger partial charge on any atom is -0.498 e. The second kappa shape index (κ2) is 3.59. The third-order valence-corrected chi connectivity index (χ3v) is 1.62. The Bertz CT molecular complexity index is 309. The van der Waals surface area contributed by atoms with Gasteiger partial charge in [0.05, 0.1) is 12.4 Å². The summed E-state index contributed by atoms with van der Waals surface area (Å²) in [6.45, 7) is 2.37. The SMILES string of the molecule is CC1=CC(=C(C#N)C#N)CCO1. The van der Waals surface area contributed by atoms with Crippen molar-refractivity contribution in [3.05, 3.63) is 23.0 Å². The third-order valence-electron chi connectivity index (χ3n) is 1.62. The fourth-order valence-electron chi connectivity index (χ4n) is 1.05. The van der Waals surface area contributed by atoms with E-state index in [0.29, 0.717) is 13.0 Å². The zero-order chi connectivity index (χ0) is 8.97. The number of nitriles is 2. The summed E-state index contributed by atoms with van der Waals surface area (Å²) in [5, 5.41) is 17.1. The van der Waals surface area contributed by atoms with Crippen molar-refractivity contribution in [2.75, 3.05) is 6.61 Å². The molecule has 0 bridgehead atoms. The van der Waals surface area contributed by atoms with Crippen molar-refractivity contribution in [3.63, 3.8) is 0 Å². The van der Waals surface area contributed by atoms with Gasteiger partial charge in [0.1, 0.15) is 17.7 Å². The first-order chi connectivity index (χ1) is 5.77. The molecule has 0 aromatic rings. The van der Waals surface area contributed by atoms with E-state index in [9.17, 15) is 0 Å². The third kappa shape index (κ3) is 1.65. The number of hydrogen-bond donors (Lipinski definition) is 0. The molecule has 1 rings (SSSR count). The minimum atomic E-state index is 0.192. The topological polar surface area (TPSA) is 56.8 Å². The summed E-state index contributed by atoms with van der Waals surface area (Å²) in [6.07, 6.45) is 2.39. The van der Waals surface area contributed by atoms with Crippen molar-refractivity contribution in [1.29, 1.82) is 10.5 Å². The molecule has 0 aromatic carbocycles. The molecular weight excluding hydrogens is 152 g/mol. The van der Waals surface area contributed by atoms with Gasteiger partial charge in [-0.3, -0.25) is 0 Å².